The molecule has 0 bridgehead atoms. The summed E-state index contributed by atoms with van der Waals surface area (Å²) in [5, 5.41) is 0.338. The van der Waals surface area contributed by atoms with Crippen molar-refractivity contribution >= 4 is 33.0 Å². The molecule has 1 atom stereocenters. The molecule has 3 rings (SSSR count). The van der Waals surface area contributed by atoms with Crippen LogP contribution in [0.2, 0.25) is 10.0 Å². The van der Waals surface area contributed by atoms with Crippen molar-refractivity contribution < 1.29 is 8.42 Å². The van der Waals surface area contributed by atoms with Gasteiger partial charge in [0.05, 0.1) is 11.0 Å². The van der Waals surface area contributed by atoms with Gasteiger partial charge >= 0.3 is 0 Å². The first-order valence-electron chi connectivity index (χ1n) is 7.21. The van der Waals surface area contributed by atoms with Gasteiger partial charge in [-0.2, -0.15) is 0 Å². The molecule has 2 aromatic carbocycles. The Bertz CT molecular complexity index is 780. The van der Waals surface area contributed by atoms with Crippen LogP contribution in [0.3, 0.4) is 0 Å². The molecule has 1 unspecified atom stereocenters. The molecule has 0 N–H and O–H groups in total. The lowest BCUT2D eigenvalue weighted by molar-refractivity contribution is 0.559. The number of aryl methyl sites for hydroxylation is 1. The fourth-order valence-electron chi connectivity index (χ4n) is 3.05. The van der Waals surface area contributed by atoms with Gasteiger partial charge in [-0.1, -0.05) is 53.5 Å². The van der Waals surface area contributed by atoms with Gasteiger partial charge in [0.1, 0.15) is 0 Å². The van der Waals surface area contributed by atoms with Gasteiger partial charge in [0.15, 0.2) is 9.84 Å². The zero-order chi connectivity index (χ0) is 15.7. The highest BCUT2D eigenvalue weighted by Gasteiger charge is 2.32. The molecule has 0 heterocycles. The highest BCUT2D eigenvalue weighted by molar-refractivity contribution is 7.90. The van der Waals surface area contributed by atoms with E-state index in [1.54, 1.807) is 18.2 Å². The van der Waals surface area contributed by atoms with E-state index in [1.807, 2.05) is 24.3 Å². The van der Waals surface area contributed by atoms with Crippen LogP contribution in [0, 0.1) is 0 Å². The number of benzene rings is 2. The summed E-state index contributed by atoms with van der Waals surface area (Å²) in [6.45, 7) is 0. The number of hydrogen-bond acceptors (Lipinski definition) is 2. The molecule has 116 valence electrons. The van der Waals surface area contributed by atoms with Crippen molar-refractivity contribution in [2.24, 2.45) is 0 Å². The Kier molecular flexibility index (Phi) is 4.49. The summed E-state index contributed by atoms with van der Waals surface area (Å²) in [7, 11) is -3.36. The number of hydrogen-bond donors (Lipinski definition) is 0. The SMILES string of the molecule is O=S(=O)(Cc1c(Cl)cccc1Cl)C1CCCc2ccccc21. The van der Waals surface area contributed by atoms with Gasteiger partial charge in [0.25, 0.3) is 0 Å². The lowest BCUT2D eigenvalue weighted by Crippen LogP contribution is -2.20. The van der Waals surface area contributed by atoms with Gasteiger partial charge in [-0.25, -0.2) is 8.42 Å². The van der Waals surface area contributed by atoms with Gasteiger partial charge in [-0.05, 0) is 42.5 Å². The van der Waals surface area contributed by atoms with Crippen molar-refractivity contribution in [2.45, 2.75) is 30.3 Å². The second kappa shape index (κ2) is 6.23. The largest absolute Gasteiger partial charge is 0.228 e. The van der Waals surface area contributed by atoms with Crippen molar-refractivity contribution in [2.75, 3.05) is 0 Å². The Labute approximate surface area is 141 Å². The first-order valence-corrected chi connectivity index (χ1v) is 9.68. The van der Waals surface area contributed by atoms with E-state index in [1.165, 1.54) is 0 Å². The van der Waals surface area contributed by atoms with E-state index in [0.717, 1.165) is 24.0 Å². The monoisotopic (exact) mass is 354 g/mol. The van der Waals surface area contributed by atoms with Crippen molar-refractivity contribution in [3.8, 4) is 0 Å². The van der Waals surface area contributed by atoms with Crippen LogP contribution >= 0.6 is 23.2 Å². The maximum absolute atomic E-state index is 12.9. The molecule has 0 amide bonds. The number of halogens is 2. The summed E-state index contributed by atoms with van der Waals surface area (Å²) in [5.74, 6) is -0.121. The van der Waals surface area contributed by atoms with Crippen LogP contribution in [0.15, 0.2) is 42.5 Å². The number of fused-ring (bicyclic) bond motifs is 1. The van der Waals surface area contributed by atoms with Gasteiger partial charge in [-0.15, -0.1) is 0 Å². The van der Waals surface area contributed by atoms with Gasteiger partial charge in [0, 0.05) is 15.6 Å². The van der Waals surface area contributed by atoms with E-state index in [9.17, 15) is 8.42 Å². The minimum atomic E-state index is -3.36. The molecule has 0 fully saturated rings. The van der Waals surface area contributed by atoms with Crippen LogP contribution in [0.25, 0.3) is 0 Å². The fourth-order valence-corrected chi connectivity index (χ4v) is 5.80. The van der Waals surface area contributed by atoms with Crippen LogP contribution in [-0.4, -0.2) is 8.42 Å². The van der Waals surface area contributed by atoms with Crippen molar-refractivity contribution in [1.82, 2.24) is 0 Å². The predicted octanol–water partition coefficient (Wildman–Crippen LogP) is 4.99. The van der Waals surface area contributed by atoms with Gasteiger partial charge in [-0.3, -0.25) is 0 Å². The topological polar surface area (TPSA) is 34.1 Å². The standard InChI is InChI=1S/C17H16Cl2O2S/c18-15-8-4-9-16(19)14(15)11-22(20,21)17-10-3-6-12-5-1-2-7-13(12)17/h1-2,4-5,7-9,17H,3,6,10-11H2. The Hall–Kier alpha value is -1.03. The highest BCUT2D eigenvalue weighted by atomic mass is 35.5. The first-order chi connectivity index (χ1) is 10.5. The van der Waals surface area contributed by atoms with Crippen LogP contribution in [0.5, 0.6) is 0 Å². The average Bonchev–Trinajstić information content (AvgIpc) is 2.50. The average molecular weight is 355 g/mol. The van der Waals surface area contributed by atoms with Gasteiger partial charge in [0.2, 0.25) is 0 Å². The molecular weight excluding hydrogens is 339 g/mol. The molecule has 0 aromatic heterocycles. The van der Waals surface area contributed by atoms with Crippen molar-refractivity contribution in [1.29, 1.82) is 0 Å². The summed E-state index contributed by atoms with van der Waals surface area (Å²) in [4.78, 5) is 0. The normalized spacial score (nSPS) is 18.0. The first kappa shape index (κ1) is 15.9. The maximum Gasteiger partial charge on any atom is 0.161 e. The molecule has 2 nitrogen and oxygen atoms in total. The minimum Gasteiger partial charge on any atom is -0.228 e. The summed E-state index contributed by atoms with van der Waals surface area (Å²) in [6, 6.07) is 12.9. The number of sulfone groups is 1. The van der Waals surface area contributed by atoms with Crippen LogP contribution in [0.1, 0.15) is 34.8 Å². The number of rotatable bonds is 3. The summed E-state index contributed by atoms with van der Waals surface area (Å²) in [5.41, 5.74) is 2.55. The smallest absolute Gasteiger partial charge is 0.161 e. The zero-order valence-corrected chi connectivity index (χ0v) is 14.3. The van der Waals surface area contributed by atoms with Crippen molar-refractivity contribution in [3.63, 3.8) is 0 Å². The van der Waals surface area contributed by atoms with Crippen molar-refractivity contribution in [3.05, 3.63) is 69.2 Å². The molecule has 5 heteroatoms. The Morgan fingerprint density at radius 3 is 2.41 bits per heavy atom. The molecule has 0 aliphatic heterocycles. The van der Waals surface area contributed by atoms with E-state index >= 15 is 0 Å². The maximum atomic E-state index is 12.9. The summed E-state index contributed by atoms with van der Waals surface area (Å²) < 4.78 is 25.8. The third-order valence-corrected chi connectivity index (χ3v) is 6.91. The molecule has 22 heavy (non-hydrogen) atoms. The Balaban J connectivity index is 1.98. The molecular formula is C17H16Cl2O2S. The van der Waals surface area contributed by atoms with E-state index in [4.69, 9.17) is 23.2 Å². The van der Waals surface area contributed by atoms with E-state index in [-0.39, 0.29) is 5.75 Å². The Morgan fingerprint density at radius 2 is 1.68 bits per heavy atom. The lowest BCUT2D eigenvalue weighted by atomic mass is 9.91. The quantitative estimate of drug-likeness (QED) is 0.778. The van der Waals surface area contributed by atoms with E-state index < -0.39 is 15.1 Å². The third kappa shape index (κ3) is 3.03. The van der Waals surface area contributed by atoms with Crippen LogP contribution in [-0.2, 0) is 22.0 Å². The molecule has 0 radical (unpaired) electrons. The van der Waals surface area contributed by atoms with E-state index in [2.05, 4.69) is 0 Å². The third-order valence-electron chi connectivity index (χ3n) is 4.16. The predicted molar refractivity (Wildman–Crippen MR) is 91.2 cm³/mol. The molecule has 0 saturated carbocycles. The van der Waals surface area contributed by atoms with E-state index in [0.29, 0.717) is 22.0 Å². The Morgan fingerprint density at radius 1 is 1.00 bits per heavy atom. The fraction of sp³-hybridized carbons (Fsp3) is 0.294. The van der Waals surface area contributed by atoms with Crippen LogP contribution < -0.4 is 0 Å². The summed E-state index contributed by atoms with van der Waals surface area (Å²) in [6.07, 6.45) is 2.48. The minimum absolute atomic E-state index is 0.121. The molecule has 0 spiro atoms. The second-order valence-corrected chi connectivity index (χ2v) is 8.58. The molecule has 1 aliphatic rings. The summed E-state index contributed by atoms with van der Waals surface area (Å²) >= 11 is 12.3. The van der Waals surface area contributed by atoms with Gasteiger partial charge < -0.3 is 0 Å². The molecule has 2 aromatic rings. The second-order valence-electron chi connectivity index (χ2n) is 5.59. The lowest BCUT2D eigenvalue weighted by Gasteiger charge is -2.25. The zero-order valence-electron chi connectivity index (χ0n) is 11.9. The van der Waals surface area contributed by atoms with Crippen LogP contribution in [0.4, 0.5) is 0 Å². The highest BCUT2D eigenvalue weighted by Crippen LogP contribution is 2.38. The molecule has 1 aliphatic carbocycles. The molecule has 0 saturated heterocycles.